The maximum Gasteiger partial charge on any atom is 0.330 e. The summed E-state index contributed by atoms with van der Waals surface area (Å²) in [6.07, 6.45) is 0. The minimum Gasteiger partial charge on any atom is -0.383 e. The maximum atomic E-state index is 13.5. The third kappa shape index (κ3) is 4.31. The van der Waals surface area contributed by atoms with E-state index in [9.17, 15) is 24.0 Å². The van der Waals surface area contributed by atoms with E-state index in [-0.39, 0.29) is 48.2 Å². The van der Waals surface area contributed by atoms with Crippen LogP contribution in [-0.4, -0.2) is 58.5 Å². The highest BCUT2D eigenvalue weighted by atomic mass is 16.5. The number of methoxy groups -OCH3 is 1. The van der Waals surface area contributed by atoms with Gasteiger partial charge in [-0.1, -0.05) is 26.0 Å². The first-order valence-electron chi connectivity index (χ1n) is 10.5. The number of nitrogens with zero attached hydrogens (tertiary/aromatic N) is 3. The molecule has 0 spiro atoms. The molecular formula is C22H27N5O6. The van der Waals surface area contributed by atoms with E-state index in [0.29, 0.717) is 0 Å². The van der Waals surface area contributed by atoms with Crippen LogP contribution >= 0.6 is 0 Å². The zero-order valence-electron chi connectivity index (χ0n) is 19.0. The van der Waals surface area contributed by atoms with E-state index >= 15 is 0 Å². The molecule has 0 aliphatic carbocycles. The van der Waals surface area contributed by atoms with Gasteiger partial charge in [0.2, 0.25) is 5.91 Å². The SMILES string of the molecule is COCCN(C(=O)C(C)N1C(=O)c2ccccc2C1=O)c1c(N)n(CC(C)C)c(=O)[nH]c1=O. The van der Waals surface area contributed by atoms with E-state index in [1.165, 1.54) is 30.7 Å². The molecule has 1 aromatic heterocycles. The Hall–Kier alpha value is -3.73. The number of aromatic nitrogens is 2. The highest BCUT2D eigenvalue weighted by molar-refractivity contribution is 6.23. The molecule has 3 N–H and O–H groups in total. The van der Waals surface area contributed by atoms with Crippen molar-refractivity contribution in [1.82, 2.24) is 14.5 Å². The Labute approximate surface area is 189 Å². The van der Waals surface area contributed by atoms with Crippen LogP contribution in [0.1, 0.15) is 41.5 Å². The average Bonchev–Trinajstić information content (AvgIpc) is 3.02. The third-order valence-corrected chi connectivity index (χ3v) is 5.39. The minimum atomic E-state index is -1.24. The molecule has 1 aliphatic heterocycles. The number of hydrogen-bond acceptors (Lipinski definition) is 7. The van der Waals surface area contributed by atoms with Crippen LogP contribution < -0.4 is 21.9 Å². The molecule has 11 heteroatoms. The molecule has 1 atom stereocenters. The topological polar surface area (TPSA) is 148 Å². The van der Waals surface area contributed by atoms with Crippen molar-refractivity contribution < 1.29 is 19.1 Å². The van der Waals surface area contributed by atoms with E-state index in [2.05, 4.69) is 4.98 Å². The van der Waals surface area contributed by atoms with Gasteiger partial charge in [0, 0.05) is 20.2 Å². The van der Waals surface area contributed by atoms with Gasteiger partial charge >= 0.3 is 5.69 Å². The van der Waals surface area contributed by atoms with Crippen molar-refractivity contribution in [2.45, 2.75) is 33.4 Å². The van der Waals surface area contributed by atoms with Gasteiger partial charge in [0.25, 0.3) is 17.4 Å². The summed E-state index contributed by atoms with van der Waals surface area (Å²) in [5.41, 5.74) is 4.81. The van der Waals surface area contributed by atoms with Gasteiger partial charge in [-0.25, -0.2) is 4.79 Å². The third-order valence-electron chi connectivity index (χ3n) is 5.39. The molecule has 3 amide bonds. The molecule has 0 saturated heterocycles. The summed E-state index contributed by atoms with van der Waals surface area (Å²) >= 11 is 0. The standard InChI is InChI=1S/C22H27N5O6/c1-12(2)11-26-17(23)16(18(28)24-22(26)32)25(9-10-33-4)19(29)13(3)27-20(30)14-7-5-6-8-15(14)21(27)31/h5-8,12-13H,9-11,23H2,1-4H3,(H,24,28,32). The van der Waals surface area contributed by atoms with E-state index in [1.807, 2.05) is 13.8 Å². The summed E-state index contributed by atoms with van der Waals surface area (Å²) in [5.74, 6) is -2.07. The number of ether oxygens (including phenoxy) is 1. The van der Waals surface area contributed by atoms with Gasteiger partial charge in [-0.3, -0.25) is 33.6 Å². The van der Waals surface area contributed by atoms with Crippen LogP contribution in [0, 0.1) is 5.92 Å². The Bertz CT molecular complexity index is 1180. The van der Waals surface area contributed by atoms with Crippen molar-refractivity contribution in [2.24, 2.45) is 5.92 Å². The number of amides is 3. The highest BCUT2D eigenvalue weighted by Gasteiger charge is 2.42. The Kier molecular flexibility index (Phi) is 6.82. The second-order valence-electron chi connectivity index (χ2n) is 8.18. The number of carbonyl (C=O) groups is 3. The second kappa shape index (κ2) is 9.41. The predicted molar refractivity (Wildman–Crippen MR) is 121 cm³/mol. The lowest BCUT2D eigenvalue weighted by Gasteiger charge is -2.30. The van der Waals surface area contributed by atoms with Crippen molar-refractivity contribution in [1.29, 1.82) is 0 Å². The number of nitrogens with two attached hydrogens (primary N) is 1. The fourth-order valence-electron chi connectivity index (χ4n) is 3.79. The lowest BCUT2D eigenvalue weighted by atomic mass is 10.1. The number of nitrogens with one attached hydrogen (secondary N) is 1. The molecule has 0 radical (unpaired) electrons. The van der Waals surface area contributed by atoms with Gasteiger partial charge in [0.15, 0.2) is 5.69 Å². The van der Waals surface area contributed by atoms with Crippen molar-refractivity contribution in [2.75, 3.05) is 30.9 Å². The van der Waals surface area contributed by atoms with Crippen molar-refractivity contribution in [3.8, 4) is 0 Å². The highest BCUT2D eigenvalue weighted by Crippen LogP contribution is 2.26. The number of carbonyl (C=O) groups excluding carboxylic acids is 3. The molecule has 3 rings (SSSR count). The summed E-state index contributed by atoms with van der Waals surface area (Å²) in [5, 5.41) is 0. The monoisotopic (exact) mass is 457 g/mol. The van der Waals surface area contributed by atoms with Gasteiger partial charge in [-0.15, -0.1) is 0 Å². The number of nitrogen functional groups attached to an aromatic ring is 1. The molecule has 1 unspecified atom stereocenters. The van der Waals surface area contributed by atoms with Crippen LogP contribution in [0.15, 0.2) is 33.9 Å². The summed E-state index contributed by atoms with van der Waals surface area (Å²) in [4.78, 5) is 68.4. The summed E-state index contributed by atoms with van der Waals surface area (Å²) in [7, 11) is 1.42. The minimum absolute atomic E-state index is 0.0316. The van der Waals surface area contributed by atoms with E-state index in [1.54, 1.807) is 12.1 Å². The molecular weight excluding hydrogens is 430 g/mol. The second-order valence-corrected chi connectivity index (χ2v) is 8.18. The molecule has 0 bridgehead atoms. The summed E-state index contributed by atoms with van der Waals surface area (Å²) < 4.78 is 6.26. The maximum absolute atomic E-state index is 13.5. The van der Waals surface area contributed by atoms with Gasteiger partial charge in [-0.05, 0) is 25.0 Å². The molecule has 176 valence electrons. The lowest BCUT2D eigenvalue weighted by molar-refractivity contribution is -0.122. The largest absolute Gasteiger partial charge is 0.383 e. The van der Waals surface area contributed by atoms with Gasteiger partial charge in [-0.2, -0.15) is 0 Å². The Morgan fingerprint density at radius 1 is 1.09 bits per heavy atom. The molecule has 33 heavy (non-hydrogen) atoms. The van der Waals surface area contributed by atoms with Crippen LogP contribution in [0.3, 0.4) is 0 Å². The number of aromatic amines is 1. The van der Waals surface area contributed by atoms with Crippen molar-refractivity contribution >= 4 is 29.2 Å². The van der Waals surface area contributed by atoms with Crippen LogP contribution in [0.5, 0.6) is 0 Å². The molecule has 0 saturated carbocycles. The van der Waals surface area contributed by atoms with E-state index in [4.69, 9.17) is 10.5 Å². The number of H-pyrrole nitrogens is 1. The number of benzene rings is 1. The van der Waals surface area contributed by atoms with Crippen molar-refractivity contribution in [3.63, 3.8) is 0 Å². The zero-order valence-corrected chi connectivity index (χ0v) is 19.0. The first-order chi connectivity index (χ1) is 15.6. The molecule has 11 nitrogen and oxygen atoms in total. The molecule has 1 aromatic carbocycles. The van der Waals surface area contributed by atoms with E-state index < -0.39 is 35.0 Å². The fraction of sp³-hybridized carbons (Fsp3) is 0.409. The first kappa shape index (κ1) is 23.9. The molecule has 0 fully saturated rings. The normalized spacial score (nSPS) is 14.0. The quantitative estimate of drug-likeness (QED) is 0.547. The Balaban J connectivity index is 2.05. The Morgan fingerprint density at radius 3 is 2.18 bits per heavy atom. The Morgan fingerprint density at radius 2 is 1.67 bits per heavy atom. The van der Waals surface area contributed by atoms with Gasteiger partial charge in [0.1, 0.15) is 11.9 Å². The molecule has 1 aliphatic rings. The lowest BCUT2D eigenvalue weighted by Crippen LogP contribution is -2.52. The fourth-order valence-corrected chi connectivity index (χ4v) is 3.79. The number of imide groups is 1. The summed E-state index contributed by atoms with van der Waals surface area (Å²) in [6.45, 7) is 5.31. The number of anilines is 2. The van der Waals surface area contributed by atoms with Crippen LogP contribution in [-0.2, 0) is 16.1 Å². The van der Waals surface area contributed by atoms with Crippen molar-refractivity contribution in [3.05, 3.63) is 56.2 Å². The summed E-state index contributed by atoms with van der Waals surface area (Å²) in [6, 6.07) is 5.05. The molecule has 2 aromatic rings. The van der Waals surface area contributed by atoms with Crippen LogP contribution in [0.4, 0.5) is 11.5 Å². The number of hydrogen-bond donors (Lipinski definition) is 2. The first-order valence-corrected chi connectivity index (χ1v) is 10.5. The van der Waals surface area contributed by atoms with Gasteiger partial charge in [0.05, 0.1) is 17.7 Å². The molecule has 2 heterocycles. The number of fused-ring (bicyclic) bond motifs is 1. The average molecular weight is 457 g/mol. The predicted octanol–water partition coefficient (Wildman–Crippen LogP) is 0.439. The number of rotatable bonds is 8. The van der Waals surface area contributed by atoms with Crippen LogP contribution in [0.2, 0.25) is 0 Å². The smallest absolute Gasteiger partial charge is 0.330 e. The zero-order chi connectivity index (χ0) is 24.4. The van der Waals surface area contributed by atoms with Crippen LogP contribution in [0.25, 0.3) is 0 Å². The van der Waals surface area contributed by atoms with E-state index in [0.717, 1.165) is 9.80 Å². The van der Waals surface area contributed by atoms with Gasteiger partial charge < -0.3 is 15.4 Å².